The monoisotopic (exact) mass is 327 g/mol. The van der Waals surface area contributed by atoms with Gasteiger partial charge in [0, 0.05) is 12.4 Å². The third-order valence-corrected chi connectivity index (χ3v) is 3.95. The van der Waals surface area contributed by atoms with Crippen LogP contribution < -0.4 is 0 Å². The second-order valence-electron chi connectivity index (χ2n) is 7.85. The lowest BCUT2D eigenvalue weighted by Crippen LogP contribution is -2.13. The highest BCUT2D eigenvalue weighted by molar-refractivity contribution is 5.47. The molecule has 0 fully saturated rings. The molecule has 0 aliphatic rings. The van der Waals surface area contributed by atoms with Crippen LogP contribution in [0.2, 0.25) is 0 Å². The van der Waals surface area contributed by atoms with Crippen molar-refractivity contribution in [3.8, 4) is 5.75 Å². The number of phenols is 1. The molecule has 0 saturated carbocycles. The van der Waals surface area contributed by atoms with Gasteiger partial charge in [-0.3, -0.25) is 4.98 Å². The van der Waals surface area contributed by atoms with E-state index in [9.17, 15) is 5.11 Å². The van der Waals surface area contributed by atoms with Gasteiger partial charge in [0.1, 0.15) is 5.75 Å². The van der Waals surface area contributed by atoms with Crippen LogP contribution in [0.1, 0.15) is 56.9 Å². The summed E-state index contributed by atoms with van der Waals surface area (Å²) < 4.78 is 5.85. The predicted octanol–water partition coefficient (Wildman–Crippen LogP) is 5.00. The quantitative estimate of drug-likeness (QED) is 0.812. The zero-order valence-corrected chi connectivity index (χ0v) is 15.5. The molecule has 3 heteroatoms. The molecule has 0 aliphatic carbocycles. The number of aromatic nitrogens is 1. The van der Waals surface area contributed by atoms with Crippen LogP contribution in [0.4, 0.5) is 0 Å². The number of rotatable bonds is 6. The topological polar surface area (TPSA) is 42.4 Å². The number of aromatic hydroxyl groups is 1. The Morgan fingerprint density at radius 3 is 2.42 bits per heavy atom. The lowest BCUT2D eigenvalue weighted by Gasteiger charge is -2.24. The number of pyridine rings is 1. The standard InChI is InChI=1S/C21H29NO2/c1-15(2)9-18-10-17(11-19(20(18)23)21(3,4)5)14-24-13-16-7-6-8-22-12-16/h6-8,10-12,15,23H,9,13-14H2,1-5H3. The molecule has 0 radical (unpaired) electrons. The highest BCUT2D eigenvalue weighted by atomic mass is 16.5. The molecule has 24 heavy (non-hydrogen) atoms. The van der Waals surface area contributed by atoms with Crippen molar-refractivity contribution in [2.75, 3.05) is 0 Å². The van der Waals surface area contributed by atoms with Gasteiger partial charge in [-0.25, -0.2) is 0 Å². The Morgan fingerprint density at radius 2 is 1.83 bits per heavy atom. The van der Waals surface area contributed by atoms with Crippen molar-refractivity contribution in [1.29, 1.82) is 0 Å². The average Bonchev–Trinajstić information content (AvgIpc) is 2.49. The summed E-state index contributed by atoms with van der Waals surface area (Å²) in [6.45, 7) is 11.8. The van der Waals surface area contributed by atoms with E-state index in [4.69, 9.17) is 4.74 Å². The summed E-state index contributed by atoms with van der Waals surface area (Å²) >= 11 is 0. The minimum atomic E-state index is -0.102. The number of ether oxygens (including phenoxy) is 1. The number of hydrogen-bond donors (Lipinski definition) is 1. The smallest absolute Gasteiger partial charge is 0.122 e. The van der Waals surface area contributed by atoms with Gasteiger partial charge in [-0.05, 0) is 58.2 Å². The van der Waals surface area contributed by atoms with Gasteiger partial charge in [0.2, 0.25) is 0 Å². The van der Waals surface area contributed by atoms with Crippen LogP contribution in [-0.2, 0) is 29.8 Å². The first-order valence-corrected chi connectivity index (χ1v) is 8.59. The molecule has 2 rings (SSSR count). The lowest BCUT2D eigenvalue weighted by molar-refractivity contribution is 0.107. The third-order valence-electron chi connectivity index (χ3n) is 3.95. The van der Waals surface area contributed by atoms with Crippen molar-refractivity contribution >= 4 is 0 Å². The van der Waals surface area contributed by atoms with E-state index in [2.05, 4.69) is 51.7 Å². The first kappa shape index (κ1) is 18.5. The van der Waals surface area contributed by atoms with E-state index >= 15 is 0 Å². The van der Waals surface area contributed by atoms with E-state index in [-0.39, 0.29) is 5.41 Å². The van der Waals surface area contributed by atoms with Gasteiger partial charge >= 0.3 is 0 Å². The van der Waals surface area contributed by atoms with Crippen molar-refractivity contribution in [3.63, 3.8) is 0 Å². The molecular formula is C21H29NO2. The fourth-order valence-electron chi connectivity index (χ4n) is 2.78. The van der Waals surface area contributed by atoms with Crippen LogP contribution in [0.15, 0.2) is 36.7 Å². The van der Waals surface area contributed by atoms with Crippen LogP contribution in [0.3, 0.4) is 0 Å². The fraction of sp³-hybridized carbons (Fsp3) is 0.476. The van der Waals surface area contributed by atoms with Gasteiger partial charge in [-0.2, -0.15) is 0 Å². The third kappa shape index (κ3) is 5.07. The van der Waals surface area contributed by atoms with Crippen LogP contribution in [0.25, 0.3) is 0 Å². The molecule has 0 aliphatic heterocycles. The molecule has 1 heterocycles. The molecule has 0 atom stereocenters. The molecule has 0 unspecified atom stereocenters. The molecule has 1 aromatic carbocycles. The highest BCUT2D eigenvalue weighted by Crippen LogP contribution is 2.35. The predicted molar refractivity (Wildman–Crippen MR) is 98.1 cm³/mol. The van der Waals surface area contributed by atoms with E-state index in [1.165, 1.54) is 0 Å². The molecule has 0 saturated heterocycles. The lowest BCUT2D eigenvalue weighted by atomic mass is 9.83. The second kappa shape index (κ2) is 7.80. The Kier molecular flexibility index (Phi) is 6.00. The molecule has 1 N–H and O–H groups in total. The van der Waals surface area contributed by atoms with Crippen LogP contribution in [-0.4, -0.2) is 10.1 Å². The minimum Gasteiger partial charge on any atom is -0.507 e. The number of nitrogens with zero attached hydrogens (tertiary/aromatic N) is 1. The van der Waals surface area contributed by atoms with Crippen molar-refractivity contribution in [1.82, 2.24) is 4.98 Å². The second-order valence-corrected chi connectivity index (χ2v) is 7.85. The first-order chi connectivity index (χ1) is 11.3. The van der Waals surface area contributed by atoms with Crippen LogP contribution >= 0.6 is 0 Å². The van der Waals surface area contributed by atoms with Crippen LogP contribution in [0.5, 0.6) is 5.75 Å². The summed E-state index contributed by atoms with van der Waals surface area (Å²) in [5.41, 5.74) is 4.07. The Bertz CT molecular complexity index is 658. The summed E-state index contributed by atoms with van der Waals surface area (Å²) in [5.74, 6) is 0.933. The van der Waals surface area contributed by atoms with Crippen molar-refractivity contribution < 1.29 is 9.84 Å². The van der Waals surface area contributed by atoms with Crippen molar-refractivity contribution in [2.24, 2.45) is 5.92 Å². The molecule has 0 amide bonds. The molecule has 130 valence electrons. The maximum absolute atomic E-state index is 10.7. The van der Waals surface area contributed by atoms with Crippen molar-refractivity contribution in [2.45, 2.75) is 59.7 Å². The Balaban J connectivity index is 2.19. The first-order valence-electron chi connectivity index (χ1n) is 8.59. The van der Waals surface area contributed by atoms with Gasteiger partial charge in [-0.15, -0.1) is 0 Å². The minimum absolute atomic E-state index is 0.102. The van der Waals surface area contributed by atoms with Crippen molar-refractivity contribution in [3.05, 3.63) is 58.9 Å². The highest BCUT2D eigenvalue weighted by Gasteiger charge is 2.21. The number of benzene rings is 1. The Morgan fingerprint density at radius 1 is 1.12 bits per heavy atom. The largest absolute Gasteiger partial charge is 0.507 e. The SMILES string of the molecule is CC(C)Cc1cc(COCc2cccnc2)cc(C(C)(C)C)c1O. The van der Waals surface area contributed by atoms with Gasteiger partial charge < -0.3 is 9.84 Å². The molecule has 3 nitrogen and oxygen atoms in total. The number of hydrogen-bond acceptors (Lipinski definition) is 3. The molecule has 1 aromatic heterocycles. The Labute approximate surface area is 145 Å². The molecule has 0 bridgehead atoms. The fourth-order valence-corrected chi connectivity index (χ4v) is 2.78. The van der Waals surface area contributed by atoms with E-state index < -0.39 is 0 Å². The Hall–Kier alpha value is -1.87. The van der Waals surface area contributed by atoms with Crippen LogP contribution in [0, 0.1) is 5.92 Å². The number of phenolic OH excluding ortho intramolecular Hbond substituents is 1. The summed E-state index contributed by atoms with van der Waals surface area (Å²) in [6.07, 6.45) is 4.45. The van der Waals surface area contributed by atoms with Gasteiger partial charge in [0.05, 0.1) is 13.2 Å². The summed E-state index contributed by atoms with van der Waals surface area (Å²) in [4.78, 5) is 4.10. The van der Waals surface area contributed by atoms with Gasteiger partial charge in [0.25, 0.3) is 0 Å². The summed E-state index contributed by atoms with van der Waals surface area (Å²) in [5, 5.41) is 10.7. The van der Waals surface area contributed by atoms with E-state index in [1.54, 1.807) is 6.20 Å². The molecule has 0 spiro atoms. The average molecular weight is 327 g/mol. The van der Waals surface area contributed by atoms with E-state index in [1.807, 2.05) is 18.3 Å². The van der Waals surface area contributed by atoms with E-state index in [0.717, 1.165) is 28.7 Å². The zero-order valence-electron chi connectivity index (χ0n) is 15.5. The summed E-state index contributed by atoms with van der Waals surface area (Å²) in [7, 11) is 0. The normalized spacial score (nSPS) is 11.9. The van der Waals surface area contributed by atoms with Gasteiger partial charge in [-0.1, -0.05) is 40.7 Å². The maximum Gasteiger partial charge on any atom is 0.122 e. The summed E-state index contributed by atoms with van der Waals surface area (Å²) in [6, 6.07) is 8.07. The molecule has 2 aromatic rings. The maximum atomic E-state index is 10.7. The van der Waals surface area contributed by atoms with E-state index in [0.29, 0.717) is 24.9 Å². The zero-order chi connectivity index (χ0) is 17.7. The van der Waals surface area contributed by atoms with Gasteiger partial charge in [0.15, 0.2) is 0 Å². The molecular weight excluding hydrogens is 298 g/mol.